The molecule has 0 heterocycles. The van der Waals surface area contributed by atoms with E-state index in [0.717, 1.165) is 0 Å². The van der Waals surface area contributed by atoms with Crippen LogP contribution in [-0.4, -0.2) is 48.1 Å². The number of hydrogen-bond acceptors (Lipinski definition) is 8. The quantitative estimate of drug-likeness (QED) is 0.258. The zero-order valence-electron chi connectivity index (χ0n) is 11.0. The first-order chi connectivity index (χ1) is 9.27. The summed E-state index contributed by atoms with van der Waals surface area (Å²) in [6.07, 6.45) is -0.360. The smallest absolute Gasteiger partial charge is 0.548 e. The van der Waals surface area contributed by atoms with Crippen LogP contribution in [-0.2, 0) is 19.2 Å². The van der Waals surface area contributed by atoms with Gasteiger partial charge in [0.15, 0.2) is 0 Å². The minimum Gasteiger partial charge on any atom is -0.548 e. The number of nitrogens with one attached hydrogen (secondary N) is 2. The molecule has 1 radical (unpaired) electrons. The van der Waals surface area contributed by atoms with E-state index in [-0.39, 0.29) is 60.3 Å². The van der Waals surface area contributed by atoms with Crippen molar-refractivity contribution in [2.75, 3.05) is 12.3 Å². The number of thiol groups is 1. The van der Waals surface area contributed by atoms with Crippen molar-refractivity contribution in [1.82, 2.24) is 10.6 Å². The third-order valence-corrected chi connectivity index (χ3v) is 2.59. The van der Waals surface area contributed by atoms with Crippen LogP contribution in [0, 0.1) is 41.7 Å². The van der Waals surface area contributed by atoms with Gasteiger partial charge in [-0.05, 0) is 6.42 Å². The van der Waals surface area contributed by atoms with Crippen LogP contribution in [0.25, 0.3) is 0 Å². The fourth-order valence-electron chi connectivity index (χ4n) is 1.15. The maximum Gasteiger partial charge on any atom is 3.00 e. The molecule has 9 nitrogen and oxygen atoms in total. The van der Waals surface area contributed by atoms with E-state index in [0.29, 0.717) is 0 Å². The van der Waals surface area contributed by atoms with E-state index >= 15 is 0 Å². The average Bonchev–Trinajstić information content (AvgIpc) is 2.38. The van der Waals surface area contributed by atoms with Gasteiger partial charge in [0.1, 0.15) is 6.04 Å². The standard InChI is InChI=1S/C10H17N3O6S.Ce/c11-5(10(18)19)1-2-7(14)13-6(4-20)9(17)12-3-8(15)16;/h5-6,20H,1-4,11H2,(H,12,17)(H,13,14)(H,15,16)(H,18,19);/q;+3/p-2/t5-,6-;/m0./s1. The number of carbonyl (C=O) groups is 4. The molecule has 11 heteroatoms. The van der Waals surface area contributed by atoms with Crippen LogP contribution in [0.1, 0.15) is 12.8 Å². The summed E-state index contributed by atoms with van der Waals surface area (Å²) in [5, 5.41) is 24.8. The Morgan fingerprint density at radius 3 is 2.19 bits per heavy atom. The molecular formula is C10H15CeN3O6S+. The van der Waals surface area contributed by atoms with Gasteiger partial charge in [-0.3, -0.25) is 9.59 Å². The van der Waals surface area contributed by atoms with Crippen LogP contribution in [0.3, 0.4) is 0 Å². The van der Waals surface area contributed by atoms with E-state index in [1.165, 1.54) is 0 Å². The summed E-state index contributed by atoms with van der Waals surface area (Å²) in [5.41, 5.74) is 5.16. The van der Waals surface area contributed by atoms with Gasteiger partial charge < -0.3 is 36.2 Å². The van der Waals surface area contributed by atoms with E-state index in [4.69, 9.17) is 5.73 Å². The summed E-state index contributed by atoms with van der Waals surface area (Å²) in [6.45, 7) is -0.686. The van der Waals surface area contributed by atoms with Gasteiger partial charge in [-0.1, -0.05) is 0 Å². The maximum atomic E-state index is 11.5. The Morgan fingerprint density at radius 2 is 1.76 bits per heavy atom. The number of amides is 2. The predicted octanol–water partition coefficient (Wildman–Crippen LogP) is -4.88. The normalized spacial score (nSPS) is 12.5. The number of carbonyl (C=O) groups excluding carboxylic acids is 4. The SMILES string of the molecule is N[C@@H](CCC(=O)N[C@@H](CS)C(=O)NCC(=O)[O-])C(=O)[O-].[Ce+3]. The first-order valence-corrected chi connectivity index (χ1v) is 6.25. The Morgan fingerprint density at radius 1 is 1.19 bits per heavy atom. The molecule has 0 fully saturated rings. The number of carboxylic acid groups (broad SMARTS) is 2. The Labute approximate surface area is 160 Å². The van der Waals surface area contributed by atoms with E-state index < -0.39 is 42.4 Å². The van der Waals surface area contributed by atoms with Crippen LogP contribution in [0.2, 0.25) is 0 Å². The van der Waals surface area contributed by atoms with Crippen molar-refractivity contribution >= 4 is 36.4 Å². The zero-order valence-corrected chi connectivity index (χ0v) is 15.0. The van der Waals surface area contributed by atoms with Crippen molar-refractivity contribution < 1.29 is 71.1 Å². The average molecular weight is 445 g/mol. The van der Waals surface area contributed by atoms with Crippen molar-refractivity contribution in [3.63, 3.8) is 0 Å². The molecule has 0 rings (SSSR count). The predicted molar refractivity (Wildman–Crippen MR) is 66.0 cm³/mol. The third kappa shape index (κ3) is 10.9. The summed E-state index contributed by atoms with van der Waals surface area (Å²) in [7, 11) is 0. The molecule has 0 bridgehead atoms. The van der Waals surface area contributed by atoms with Crippen molar-refractivity contribution in [3.05, 3.63) is 0 Å². The second kappa shape index (κ2) is 12.1. The molecule has 0 aliphatic heterocycles. The minimum atomic E-state index is -1.48. The Hall–Kier alpha value is -0.433. The zero-order chi connectivity index (χ0) is 15.7. The molecule has 115 valence electrons. The summed E-state index contributed by atoms with van der Waals surface area (Å²) in [4.78, 5) is 43.4. The van der Waals surface area contributed by atoms with Gasteiger partial charge in [0.05, 0.1) is 18.5 Å². The summed E-state index contributed by atoms with van der Waals surface area (Å²) >= 11 is 3.85. The Bertz CT molecular complexity index is 395. The summed E-state index contributed by atoms with van der Waals surface area (Å²) in [6, 6.07) is -2.31. The molecule has 0 aromatic heterocycles. The molecule has 2 amide bonds. The summed E-state index contributed by atoms with van der Waals surface area (Å²) in [5.74, 6) is -4.35. The molecule has 0 unspecified atom stereocenters. The van der Waals surface area contributed by atoms with Crippen LogP contribution in [0.4, 0.5) is 0 Å². The largest absolute Gasteiger partial charge is 3.00 e. The molecule has 0 aromatic carbocycles. The topological polar surface area (TPSA) is 164 Å². The number of carboxylic acids is 2. The first-order valence-electron chi connectivity index (χ1n) is 5.62. The van der Waals surface area contributed by atoms with Gasteiger partial charge >= 0.3 is 41.7 Å². The number of rotatable bonds is 9. The number of aliphatic carboxylic acids is 2. The molecular weight excluding hydrogens is 430 g/mol. The Kier molecular flexibility index (Phi) is 13.2. The Balaban J connectivity index is 0. The summed E-state index contributed by atoms with van der Waals surface area (Å²) < 4.78 is 0. The van der Waals surface area contributed by atoms with Crippen molar-refractivity contribution in [2.24, 2.45) is 5.73 Å². The van der Waals surface area contributed by atoms with E-state index in [1.807, 2.05) is 5.32 Å². The molecule has 0 saturated carbocycles. The van der Waals surface area contributed by atoms with Crippen molar-refractivity contribution in [1.29, 1.82) is 0 Å². The van der Waals surface area contributed by atoms with E-state index in [1.54, 1.807) is 0 Å². The van der Waals surface area contributed by atoms with Crippen molar-refractivity contribution in [2.45, 2.75) is 24.9 Å². The van der Waals surface area contributed by atoms with Gasteiger partial charge in [-0.2, -0.15) is 12.6 Å². The van der Waals surface area contributed by atoms with Gasteiger partial charge in [-0.25, -0.2) is 0 Å². The fraction of sp³-hybridized carbons (Fsp3) is 0.600. The van der Waals surface area contributed by atoms with Gasteiger partial charge in [-0.15, -0.1) is 0 Å². The molecule has 0 aliphatic rings. The molecule has 2 atom stereocenters. The monoisotopic (exact) mass is 445 g/mol. The molecule has 0 aliphatic carbocycles. The first kappa shape index (κ1) is 22.8. The number of hydrogen-bond donors (Lipinski definition) is 4. The maximum absolute atomic E-state index is 11.5. The third-order valence-electron chi connectivity index (χ3n) is 2.23. The van der Waals surface area contributed by atoms with Gasteiger partial charge in [0.2, 0.25) is 11.8 Å². The van der Waals surface area contributed by atoms with E-state index in [9.17, 15) is 29.4 Å². The fourth-order valence-corrected chi connectivity index (χ4v) is 1.40. The van der Waals surface area contributed by atoms with E-state index in [2.05, 4.69) is 17.9 Å². The number of nitrogens with two attached hydrogens (primary N) is 1. The second-order valence-corrected chi connectivity index (χ2v) is 4.22. The van der Waals surface area contributed by atoms with Gasteiger partial charge in [0.25, 0.3) is 0 Å². The molecule has 0 aromatic rings. The van der Waals surface area contributed by atoms with Crippen LogP contribution < -0.4 is 26.6 Å². The molecule has 0 saturated heterocycles. The van der Waals surface area contributed by atoms with Crippen LogP contribution in [0.15, 0.2) is 0 Å². The van der Waals surface area contributed by atoms with Crippen LogP contribution >= 0.6 is 12.6 Å². The molecule has 0 spiro atoms. The minimum absolute atomic E-state index is 0. The van der Waals surface area contributed by atoms with Gasteiger partial charge in [0, 0.05) is 18.2 Å². The van der Waals surface area contributed by atoms with Crippen molar-refractivity contribution in [3.8, 4) is 0 Å². The molecule has 21 heavy (non-hydrogen) atoms. The second-order valence-electron chi connectivity index (χ2n) is 3.86. The van der Waals surface area contributed by atoms with Crippen LogP contribution in [0.5, 0.6) is 0 Å². The molecule has 4 N–H and O–H groups in total.